The minimum Gasteiger partial charge on any atom is -0.508 e. The Bertz CT molecular complexity index is 1630. The number of nitrogens with one attached hydrogen (secondary N) is 3. The molecule has 6 rings (SSSR count). The van der Waals surface area contributed by atoms with Crippen molar-refractivity contribution in [1.82, 2.24) is 35.5 Å². The van der Waals surface area contributed by atoms with Crippen LogP contribution in [0, 0.1) is 5.82 Å². The van der Waals surface area contributed by atoms with Gasteiger partial charge in [0.05, 0.1) is 29.5 Å². The normalized spacial score (nSPS) is 16.1. The summed E-state index contributed by atoms with van der Waals surface area (Å²) in [5.74, 6) is -0.194. The van der Waals surface area contributed by atoms with Gasteiger partial charge in [-0.1, -0.05) is 12.2 Å². The van der Waals surface area contributed by atoms with Gasteiger partial charge in [-0.15, -0.1) is 0 Å². The van der Waals surface area contributed by atoms with Gasteiger partial charge in [0.25, 0.3) is 0 Å². The lowest BCUT2D eigenvalue weighted by atomic mass is 10.1. The number of phenolic OH excluding ortho intramolecular Hbond substituents is 1. The van der Waals surface area contributed by atoms with E-state index in [1.807, 2.05) is 24.4 Å². The lowest BCUT2D eigenvalue weighted by Gasteiger charge is -2.05. The molecule has 5 heterocycles. The molecule has 0 spiro atoms. The first-order valence-electron chi connectivity index (χ1n) is 10.5. The highest BCUT2D eigenvalue weighted by Gasteiger charge is 2.17. The van der Waals surface area contributed by atoms with Crippen LogP contribution < -0.4 is 5.32 Å². The van der Waals surface area contributed by atoms with Gasteiger partial charge in [0.15, 0.2) is 11.5 Å². The van der Waals surface area contributed by atoms with Gasteiger partial charge in [-0.25, -0.2) is 14.4 Å². The first-order valence-corrected chi connectivity index (χ1v) is 10.5. The van der Waals surface area contributed by atoms with Crippen molar-refractivity contribution in [3.05, 3.63) is 72.5 Å². The maximum absolute atomic E-state index is 13.9. The number of aromatic amines is 2. The molecule has 4 aromatic heterocycles. The first kappa shape index (κ1) is 19.8. The summed E-state index contributed by atoms with van der Waals surface area (Å²) in [5.41, 5.74) is 5.22. The second kappa shape index (κ2) is 7.93. The number of hydrogen-bond donors (Lipinski definition) is 4. The van der Waals surface area contributed by atoms with Crippen LogP contribution in [0.3, 0.4) is 0 Å². The Labute approximate surface area is 191 Å². The molecule has 0 fully saturated rings. The Balaban J connectivity index is 1.48. The SMILES string of the molecule is Oc1cc(F)cc(-c2nccc3[nH]c(-c4[nH]nc5ncc(C6=C/NC=NC\C=C\6)cc45)nc23)c1. The summed E-state index contributed by atoms with van der Waals surface area (Å²) in [7, 11) is 0. The van der Waals surface area contributed by atoms with Crippen molar-refractivity contribution < 1.29 is 9.50 Å². The highest BCUT2D eigenvalue weighted by Crippen LogP contribution is 2.32. The van der Waals surface area contributed by atoms with E-state index in [1.165, 1.54) is 12.1 Å². The average molecular weight is 452 g/mol. The molecule has 0 aliphatic carbocycles. The van der Waals surface area contributed by atoms with Crippen molar-refractivity contribution in [2.45, 2.75) is 0 Å². The van der Waals surface area contributed by atoms with E-state index in [0.29, 0.717) is 46.0 Å². The van der Waals surface area contributed by atoms with E-state index in [0.717, 1.165) is 22.6 Å². The third-order valence-electron chi connectivity index (χ3n) is 5.45. The number of rotatable bonds is 3. The quantitative estimate of drug-likeness (QED) is 0.328. The van der Waals surface area contributed by atoms with Gasteiger partial charge in [0.2, 0.25) is 0 Å². The summed E-state index contributed by atoms with van der Waals surface area (Å²) >= 11 is 0. The molecule has 1 aromatic carbocycles. The number of pyridine rings is 2. The number of aromatic nitrogens is 6. The molecule has 0 unspecified atom stereocenters. The minimum absolute atomic E-state index is 0.180. The molecule has 0 amide bonds. The van der Waals surface area contributed by atoms with E-state index in [1.54, 1.807) is 24.8 Å². The van der Waals surface area contributed by atoms with E-state index in [-0.39, 0.29) is 5.75 Å². The molecule has 0 radical (unpaired) electrons. The van der Waals surface area contributed by atoms with Crippen molar-refractivity contribution in [3.63, 3.8) is 0 Å². The van der Waals surface area contributed by atoms with Crippen LogP contribution in [-0.2, 0) is 0 Å². The summed E-state index contributed by atoms with van der Waals surface area (Å²) in [6.07, 6.45) is 10.8. The number of aliphatic imine (C=N–C) groups is 1. The molecule has 1 aliphatic rings. The molecule has 4 N–H and O–H groups in total. The summed E-state index contributed by atoms with van der Waals surface area (Å²) < 4.78 is 13.9. The van der Waals surface area contributed by atoms with Crippen LogP contribution in [0.15, 0.2) is 66.1 Å². The van der Waals surface area contributed by atoms with Crippen LogP contribution in [0.5, 0.6) is 5.75 Å². The number of halogens is 1. The fraction of sp³-hybridized carbons (Fsp3) is 0.0417. The van der Waals surface area contributed by atoms with Crippen LogP contribution in [0.4, 0.5) is 4.39 Å². The van der Waals surface area contributed by atoms with Crippen molar-refractivity contribution in [3.8, 4) is 28.5 Å². The van der Waals surface area contributed by atoms with Crippen molar-refractivity contribution >= 4 is 34.0 Å². The monoisotopic (exact) mass is 452 g/mol. The summed E-state index contributed by atoms with van der Waals surface area (Å²) in [5, 5.41) is 21.0. The largest absolute Gasteiger partial charge is 0.508 e. The number of hydrogen-bond acceptors (Lipinski definition) is 7. The third kappa shape index (κ3) is 3.47. The van der Waals surface area contributed by atoms with Gasteiger partial charge >= 0.3 is 0 Å². The molecule has 0 atom stereocenters. The highest BCUT2D eigenvalue weighted by atomic mass is 19.1. The Kier molecular flexibility index (Phi) is 4.61. The smallest absolute Gasteiger partial charge is 0.181 e. The average Bonchev–Trinajstić information content (AvgIpc) is 3.41. The standard InChI is InChI=1S/C24H17FN8O/c25-16-6-14(7-17(34)9-16)20-22-19(3-5-28-20)30-24(31-22)21-18-8-15(11-29-23(18)33-32-21)13-2-1-4-26-12-27-10-13/h1-3,5-12,34H,4H2,(H,26,27)(H,30,31)(H,29,32,33)/b2-1+,13-10+. The maximum Gasteiger partial charge on any atom is 0.181 e. The van der Waals surface area contributed by atoms with Crippen molar-refractivity contribution in [2.24, 2.45) is 4.99 Å². The van der Waals surface area contributed by atoms with Crippen molar-refractivity contribution in [2.75, 3.05) is 6.54 Å². The van der Waals surface area contributed by atoms with Crippen molar-refractivity contribution in [1.29, 1.82) is 0 Å². The molecular weight excluding hydrogens is 435 g/mol. The zero-order chi connectivity index (χ0) is 23.1. The number of phenols is 1. The number of nitrogens with zero attached hydrogens (tertiary/aromatic N) is 5. The van der Waals surface area contributed by atoms with E-state index < -0.39 is 5.82 Å². The van der Waals surface area contributed by atoms with Gasteiger partial charge in [-0.05, 0) is 29.8 Å². The Morgan fingerprint density at radius 2 is 2.00 bits per heavy atom. The molecule has 5 aromatic rings. The van der Waals surface area contributed by atoms with Crippen LogP contribution >= 0.6 is 0 Å². The van der Waals surface area contributed by atoms with Gasteiger partial charge in [-0.2, -0.15) is 5.10 Å². The number of allylic oxidation sites excluding steroid dienone is 2. The van der Waals surface area contributed by atoms with Crippen LogP contribution in [0.25, 0.3) is 50.4 Å². The predicted molar refractivity (Wildman–Crippen MR) is 127 cm³/mol. The van der Waals surface area contributed by atoms with Gasteiger partial charge in [-0.3, -0.25) is 15.1 Å². The Morgan fingerprint density at radius 3 is 2.91 bits per heavy atom. The van der Waals surface area contributed by atoms with E-state index in [9.17, 15) is 9.50 Å². The number of imidazole rings is 1. The summed E-state index contributed by atoms with van der Waals surface area (Å²) in [6, 6.07) is 7.59. The molecule has 9 nitrogen and oxygen atoms in total. The number of aromatic hydroxyl groups is 1. The van der Waals surface area contributed by atoms with Gasteiger partial charge < -0.3 is 15.4 Å². The Hall–Kier alpha value is -4.86. The molecule has 10 heteroatoms. The fourth-order valence-corrected chi connectivity index (χ4v) is 3.91. The number of fused-ring (bicyclic) bond motifs is 2. The van der Waals surface area contributed by atoms with Gasteiger partial charge in [0.1, 0.15) is 22.8 Å². The molecule has 0 bridgehead atoms. The molecule has 34 heavy (non-hydrogen) atoms. The third-order valence-corrected chi connectivity index (χ3v) is 5.45. The highest BCUT2D eigenvalue weighted by molar-refractivity contribution is 5.96. The lowest BCUT2D eigenvalue weighted by Crippen LogP contribution is -2.04. The summed E-state index contributed by atoms with van der Waals surface area (Å²) in [6.45, 7) is 0.593. The molecule has 1 aliphatic heterocycles. The maximum atomic E-state index is 13.9. The van der Waals surface area contributed by atoms with Crippen LogP contribution in [0.2, 0.25) is 0 Å². The second-order valence-corrected chi connectivity index (χ2v) is 7.70. The zero-order valence-electron chi connectivity index (χ0n) is 17.6. The fourth-order valence-electron chi connectivity index (χ4n) is 3.91. The Morgan fingerprint density at radius 1 is 1.06 bits per heavy atom. The lowest BCUT2D eigenvalue weighted by molar-refractivity contribution is 0.469. The molecule has 0 saturated carbocycles. The summed E-state index contributed by atoms with van der Waals surface area (Å²) in [4.78, 5) is 21.0. The van der Waals surface area contributed by atoms with E-state index in [2.05, 4.69) is 35.5 Å². The van der Waals surface area contributed by atoms with E-state index >= 15 is 0 Å². The topological polar surface area (TPSA) is 128 Å². The van der Waals surface area contributed by atoms with Crippen LogP contribution in [-0.4, -0.2) is 48.1 Å². The van der Waals surface area contributed by atoms with Crippen LogP contribution in [0.1, 0.15) is 5.56 Å². The first-order chi connectivity index (χ1) is 16.7. The minimum atomic E-state index is -0.555. The van der Waals surface area contributed by atoms with Gasteiger partial charge in [0, 0.05) is 35.8 Å². The molecule has 0 saturated heterocycles. The molecule has 166 valence electrons. The second-order valence-electron chi connectivity index (χ2n) is 7.70. The number of benzene rings is 1. The predicted octanol–water partition coefficient (Wildman–Crippen LogP) is 3.94. The number of H-pyrrole nitrogens is 2. The van der Waals surface area contributed by atoms with E-state index in [4.69, 9.17) is 4.98 Å². The molecular formula is C24H17FN8O. The zero-order valence-corrected chi connectivity index (χ0v) is 17.6.